The summed E-state index contributed by atoms with van der Waals surface area (Å²) < 4.78 is 8.12. The molecular formula is C12H18N6O2. The molecule has 8 nitrogen and oxygen atoms in total. The summed E-state index contributed by atoms with van der Waals surface area (Å²) in [5.41, 5.74) is 7.81. The van der Waals surface area contributed by atoms with E-state index in [4.69, 9.17) is 10.5 Å². The normalized spacial score (nSPS) is 10.8. The third-order valence-electron chi connectivity index (χ3n) is 2.90. The summed E-state index contributed by atoms with van der Waals surface area (Å²) in [6, 6.07) is 0. The van der Waals surface area contributed by atoms with E-state index in [1.54, 1.807) is 38.2 Å². The molecule has 0 spiro atoms. The third kappa shape index (κ3) is 2.80. The molecule has 0 saturated heterocycles. The molecule has 0 atom stereocenters. The number of nitrogens with two attached hydrogens (primary N) is 1. The highest BCUT2D eigenvalue weighted by molar-refractivity contribution is 6.06. The first-order chi connectivity index (χ1) is 9.52. The van der Waals surface area contributed by atoms with Gasteiger partial charge >= 0.3 is 0 Å². The fourth-order valence-corrected chi connectivity index (χ4v) is 1.87. The zero-order valence-electron chi connectivity index (χ0n) is 11.8. The van der Waals surface area contributed by atoms with Crippen LogP contribution in [0.4, 0.5) is 11.4 Å². The lowest BCUT2D eigenvalue weighted by atomic mass is 10.3. The van der Waals surface area contributed by atoms with Crippen molar-refractivity contribution in [1.29, 1.82) is 0 Å². The standard InChI is InChI=1S/C12H18N6O2/c1-8-10(13)11(17(2)16-8)12(19)15-9-6-14-18(7-9)4-5-20-3/h6-7H,4-5,13H2,1-3H3,(H,15,19). The van der Waals surface area contributed by atoms with Gasteiger partial charge < -0.3 is 15.8 Å². The van der Waals surface area contributed by atoms with Crippen LogP contribution in [0.25, 0.3) is 0 Å². The molecule has 8 heteroatoms. The van der Waals surface area contributed by atoms with Crippen LogP contribution in [0, 0.1) is 6.92 Å². The average molecular weight is 278 g/mol. The maximum atomic E-state index is 12.2. The Balaban J connectivity index is 2.09. The molecule has 108 valence electrons. The Morgan fingerprint density at radius 1 is 1.55 bits per heavy atom. The number of aryl methyl sites for hydroxylation is 2. The van der Waals surface area contributed by atoms with Gasteiger partial charge in [0.25, 0.3) is 5.91 Å². The van der Waals surface area contributed by atoms with Crippen LogP contribution in [-0.2, 0) is 18.3 Å². The molecule has 2 rings (SSSR count). The van der Waals surface area contributed by atoms with E-state index in [0.29, 0.717) is 35.9 Å². The highest BCUT2D eigenvalue weighted by atomic mass is 16.5. The Morgan fingerprint density at radius 2 is 2.30 bits per heavy atom. The van der Waals surface area contributed by atoms with Gasteiger partial charge in [-0.3, -0.25) is 14.2 Å². The van der Waals surface area contributed by atoms with Crippen molar-refractivity contribution in [2.45, 2.75) is 13.5 Å². The predicted octanol–water partition coefficient (Wildman–Crippen LogP) is 0.406. The molecule has 0 aliphatic rings. The van der Waals surface area contributed by atoms with Crippen molar-refractivity contribution < 1.29 is 9.53 Å². The van der Waals surface area contributed by atoms with E-state index in [1.165, 1.54) is 4.68 Å². The van der Waals surface area contributed by atoms with Gasteiger partial charge in [-0.05, 0) is 6.92 Å². The van der Waals surface area contributed by atoms with Crippen LogP contribution in [-0.4, -0.2) is 39.2 Å². The van der Waals surface area contributed by atoms with Gasteiger partial charge in [-0.2, -0.15) is 10.2 Å². The van der Waals surface area contributed by atoms with Crippen LogP contribution in [0.2, 0.25) is 0 Å². The van der Waals surface area contributed by atoms with Gasteiger partial charge in [-0.25, -0.2) is 0 Å². The molecule has 0 aliphatic heterocycles. The third-order valence-corrected chi connectivity index (χ3v) is 2.90. The summed E-state index contributed by atoms with van der Waals surface area (Å²) in [5, 5.41) is 11.0. The molecule has 3 N–H and O–H groups in total. The number of aromatic nitrogens is 4. The molecule has 0 aliphatic carbocycles. The van der Waals surface area contributed by atoms with Gasteiger partial charge in [0, 0.05) is 20.4 Å². The second kappa shape index (κ2) is 5.74. The van der Waals surface area contributed by atoms with Crippen LogP contribution in [0.3, 0.4) is 0 Å². The van der Waals surface area contributed by atoms with Gasteiger partial charge in [0.1, 0.15) is 5.69 Å². The second-order valence-electron chi connectivity index (χ2n) is 4.41. The van der Waals surface area contributed by atoms with E-state index in [2.05, 4.69) is 15.5 Å². The highest BCUT2D eigenvalue weighted by Gasteiger charge is 2.18. The number of carbonyl (C=O) groups is 1. The molecule has 0 radical (unpaired) electrons. The zero-order valence-corrected chi connectivity index (χ0v) is 11.8. The molecule has 1 amide bonds. The summed E-state index contributed by atoms with van der Waals surface area (Å²) in [5.74, 6) is -0.308. The first-order valence-corrected chi connectivity index (χ1v) is 6.14. The largest absolute Gasteiger partial charge is 0.395 e. The minimum Gasteiger partial charge on any atom is -0.395 e. The number of amides is 1. The van der Waals surface area contributed by atoms with E-state index in [0.717, 1.165) is 0 Å². The van der Waals surface area contributed by atoms with E-state index in [1.807, 2.05) is 0 Å². The molecule has 0 fully saturated rings. The van der Waals surface area contributed by atoms with Crippen molar-refractivity contribution in [2.24, 2.45) is 7.05 Å². The number of rotatable bonds is 5. The number of methoxy groups -OCH3 is 1. The molecule has 2 aromatic rings. The Morgan fingerprint density at radius 3 is 2.90 bits per heavy atom. The van der Waals surface area contributed by atoms with Gasteiger partial charge in [0.05, 0.1) is 36.4 Å². The number of hydrogen-bond donors (Lipinski definition) is 2. The van der Waals surface area contributed by atoms with Crippen LogP contribution >= 0.6 is 0 Å². The first kappa shape index (κ1) is 14.1. The van der Waals surface area contributed by atoms with Crippen LogP contribution in [0.5, 0.6) is 0 Å². The summed E-state index contributed by atoms with van der Waals surface area (Å²) in [6.45, 7) is 2.94. The van der Waals surface area contributed by atoms with Crippen LogP contribution in [0.15, 0.2) is 12.4 Å². The van der Waals surface area contributed by atoms with Gasteiger partial charge in [0.15, 0.2) is 0 Å². The molecule has 2 heterocycles. The quantitative estimate of drug-likeness (QED) is 0.825. The maximum absolute atomic E-state index is 12.2. The lowest BCUT2D eigenvalue weighted by Crippen LogP contribution is -2.17. The fraction of sp³-hybridized carbons (Fsp3) is 0.417. The zero-order chi connectivity index (χ0) is 14.7. The average Bonchev–Trinajstić information content (AvgIpc) is 2.93. The molecule has 20 heavy (non-hydrogen) atoms. The van der Waals surface area contributed by atoms with Crippen molar-refractivity contribution in [3.05, 3.63) is 23.8 Å². The van der Waals surface area contributed by atoms with E-state index < -0.39 is 0 Å². The highest BCUT2D eigenvalue weighted by Crippen LogP contribution is 2.17. The number of anilines is 2. The van der Waals surface area contributed by atoms with Gasteiger partial charge in [-0.1, -0.05) is 0 Å². The smallest absolute Gasteiger partial charge is 0.276 e. The fourth-order valence-electron chi connectivity index (χ4n) is 1.87. The van der Waals surface area contributed by atoms with Gasteiger partial charge in [-0.15, -0.1) is 0 Å². The lowest BCUT2D eigenvalue weighted by molar-refractivity contribution is 0.101. The topological polar surface area (TPSA) is 100.0 Å². The SMILES string of the molecule is COCCn1cc(NC(=O)c2c(N)c(C)nn2C)cn1. The van der Waals surface area contributed by atoms with Crippen molar-refractivity contribution >= 4 is 17.3 Å². The van der Waals surface area contributed by atoms with E-state index >= 15 is 0 Å². The molecular weight excluding hydrogens is 260 g/mol. The van der Waals surface area contributed by atoms with Crippen LogP contribution in [0.1, 0.15) is 16.2 Å². The number of hydrogen-bond acceptors (Lipinski definition) is 5. The first-order valence-electron chi connectivity index (χ1n) is 6.14. The van der Waals surface area contributed by atoms with Gasteiger partial charge in [0.2, 0.25) is 0 Å². The minimum atomic E-state index is -0.308. The Kier molecular flexibility index (Phi) is 4.04. The minimum absolute atomic E-state index is 0.308. The summed E-state index contributed by atoms with van der Waals surface area (Å²) in [6.07, 6.45) is 3.31. The number of nitrogen functional groups attached to an aromatic ring is 1. The van der Waals surface area contributed by atoms with Crippen molar-refractivity contribution in [3.8, 4) is 0 Å². The van der Waals surface area contributed by atoms with Crippen molar-refractivity contribution in [1.82, 2.24) is 19.6 Å². The van der Waals surface area contributed by atoms with Crippen LogP contribution < -0.4 is 11.1 Å². The van der Waals surface area contributed by atoms with E-state index in [9.17, 15) is 4.79 Å². The second-order valence-corrected chi connectivity index (χ2v) is 4.41. The number of carbonyl (C=O) groups excluding carboxylic acids is 1. The molecule has 2 aromatic heterocycles. The molecule has 0 bridgehead atoms. The molecule has 0 aromatic carbocycles. The Hall–Kier alpha value is -2.35. The summed E-state index contributed by atoms with van der Waals surface area (Å²) in [7, 11) is 3.31. The maximum Gasteiger partial charge on any atom is 0.276 e. The summed E-state index contributed by atoms with van der Waals surface area (Å²) >= 11 is 0. The Bertz CT molecular complexity index is 615. The predicted molar refractivity (Wildman–Crippen MR) is 74.4 cm³/mol. The molecule has 0 unspecified atom stereocenters. The number of nitrogens with one attached hydrogen (secondary N) is 1. The molecule has 0 saturated carbocycles. The summed E-state index contributed by atoms with van der Waals surface area (Å²) in [4.78, 5) is 12.2. The number of nitrogens with zero attached hydrogens (tertiary/aromatic N) is 4. The Labute approximate surface area is 116 Å². The number of ether oxygens (including phenoxy) is 1. The van der Waals surface area contributed by atoms with Crippen molar-refractivity contribution in [3.63, 3.8) is 0 Å². The van der Waals surface area contributed by atoms with E-state index in [-0.39, 0.29) is 5.91 Å². The monoisotopic (exact) mass is 278 g/mol. The van der Waals surface area contributed by atoms with Crippen molar-refractivity contribution in [2.75, 3.05) is 24.8 Å². The lowest BCUT2D eigenvalue weighted by Gasteiger charge is -2.04.